The first-order valence-corrected chi connectivity index (χ1v) is 18.5. The lowest BCUT2D eigenvalue weighted by atomic mass is 10.0. The van der Waals surface area contributed by atoms with Crippen molar-refractivity contribution >= 4 is 37.9 Å². The molecule has 2 unspecified atom stereocenters. The number of imidazole rings is 1. The molecule has 3 aliphatic rings. The number of rotatable bonds is 9. The summed E-state index contributed by atoms with van der Waals surface area (Å²) in [5, 5.41) is 1.13. The number of carbonyl (C=O) groups is 1. The molecule has 3 atom stereocenters. The maximum absolute atomic E-state index is 13.8. The molecule has 1 saturated heterocycles. The van der Waals surface area contributed by atoms with Crippen LogP contribution in [-0.4, -0.2) is 59.3 Å². The maximum atomic E-state index is 13.8. The van der Waals surface area contributed by atoms with Crippen LogP contribution in [0.4, 0.5) is 0 Å². The fraction of sp³-hybridized carbons (Fsp3) is 0.405. The number of amides is 1. The first-order valence-electron chi connectivity index (χ1n) is 16.6. The van der Waals surface area contributed by atoms with Crippen LogP contribution in [0.2, 0.25) is 0 Å². The number of aryl methyl sites for hydroxylation is 1. The fourth-order valence-corrected chi connectivity index (χ4v) is 8.41. The number of carbonyl (C=O) groups excluding carboxylic acids is 1. The van der Waals surface area contributed by atoms with E-state index in [1.165, 1.54) is 25.5 Å². The highest BCUT2D eigenvalue weighted by Crippen LogP contribution is 2.44. The first kappa shape index (κ1) is 30.2. The average molecular weight is 652 g/mol. The van der Waals surface area contributed by atoms with E-state index in [1.54, 1.807) is 7.11 Å². The molecule has 1 aliphatic heterocycles. The third-order valence-corrected chi connectivity index (χ3v) is 11.4. The second-order valence-corrected chi connectivity index (χ2v) is 15.7. The van der Waals surface area contributed by atoms with Crippen LogP contribution in [0, 0.1) is 17.8 Å². The summed E-state index contributed by atoms with van der Waals surface area (Å²) in [4.78, 5) is 21.1. The van der Waals surface area contributed by atoms with Crippen LogP contribution >= 0.6 is 0 Å². The molecule has 2 aliphatic carbocycles. The molecule has 10 heteroatoms. The van der Waals surface area contributed by atoms with Gasteiger partial charge in [0.25, 0.3) is 5.91 Å². The van der Waals surface area contributed by atoms with Crippen LogP contribution in [0.1, 0.15) is 48.5 Å². The van der Waals surface area contributed by atoms with Crippen molar-refractivity contribution in [1.29, 1.82) is 0 Å². The number of nitrogens with one attached hydrogen (secondary N) is 1. The van der Waals surface area contributed by atoms with E-state index in [4.69, 9.17) is 9.72 Å². The third-order valence-electron chi connectivity index (χ3n) is 10.7. The van der Waals surface area contributed by atoms with E-state index in [2.05, 4.69) is 56.0 Å². The van der Waals surface area contributed by atoms with Gasteiger partial charge in [0.15, 0.2) is 5.82 Å². The normalized spacial score (nSPS) is 20.9. The molecule has 9 nitrogen and oxygen atoms in total. The molecule has 2 aromatic heterocycles. The largest absolute Gasteiger partial charge is 0.494 e. The smallest absolute Gasteiger partial charge is 0.254 e. The van der Waals surface area contributed by atoms with E-state index in [0.717, 1.165) is 69.7 Å². The Morgan fingerprint density at radius 2 is 1.83 bits per heavy atom. The lowest BCUT2D eigenvalue weighted by Crippen LogP contribution is -2.38. The number of fused-ring (bicyclic) bond motifs is 4. The second-order valence-electron chi connectivity index (χ2n) is 13.9. The van der Waals surface area contributed by atoms with Crippen molar-refractivity contribution < 1.29 is 17.9 Å². The molecule has 47 heavy (non-hydrogen) atoms. The number of benzene rings is 3. The Morgan fingerprint density at radius 3 is 2.53 bits per heavy atom. The Kier molecular flexibility index (Phi) is 7.22. The molecule has 3 heterocycles. The molecule has 0 spiro atoms. The Bertz CT molecular complexity index is 2160. The summed E-state index contributed by atoms with van der Waals surface area (Å²) in [5.74, 6) is 3.35. The molecule has 0 radical (unpaired) electrons. The van der Waals surface area contributed by atoms with Crippen molar-refractivity contribution in [2.75, 3.05) is 19.9 Å². The minimum atomic E-state index is -3.28. The van der Waals surface area contributed by atoms with Crippen LogP contribution in [0.5, 0.6) is 5.75 Å². The Balaban J connectivity index is 1.19. The second kappa shape index (κ2) is 11.2. The molecular formula is C37H41N5O4S. The molecule has 3 aromatic carbocycles. The Hall–Kier alpha value is -4.15. The standard InChI is InChI=1S/C37H41N5O4S/c1-22-28-12-13-31(22)42(21-28)37(43)29-15-30-35(34(18-29)46-3)40(2)36(39-30)33-17-27-11-10-26(16-32(27)41(33)20-23-8-9-23)25-7-5-6-24(14-25)19-38-47(4,44)45/h5-7,10-11,14-18,22-23,28,31,38H,8-9,12-13,19-21H2,1-4H3/t22-,28?,31?/m1/s1. The van der Waals surface area contributed by atoms with Gasteiger partial charge in [-0.15, -0.1) is 0 Å². The van der Waals surface area contributed by atoms with E-state index in [-0.39, 0.29) is 12.5 Å². The zero-order valence-electron chi connectivity index (χ0n) is 27.4. The number of methoxy groups -OCH3 is 1. The third kappa shape index (κ3) is 5.41. The SMILES string of the molecule is COc1cc(C(=O)N2CC3CCC2[C@@H]3C)cc2nc(-c3cc4ccc(-c5cccc(CNS(C)(=O)=O)c5)cc4n3CC3CC3)n(C)c12. The van der Waals surface area contributed by atoms with Crippen LogP contribution in [0.15, 0.2) is 60.7 Å². The first-order chi connectivity index (χ1) is 22.6. The topological polar surface area (TPSA) is 98.5 Å². The minimum Gasteiger partial charge on any atom is -0.494 e. The van der Waals surface area contributed by atoms with E-state index in [0.29, 0.717) is 35.1 Å². The van der Waals surface area contributed by atoms with Crippen LogP contribution < -0.4 is 9.46 Å². The van der Waals surface area contributed by atoms with Gasteiger partial charge in [0.2, 0.25) is 10.0 Å². The van der Waals surface area contributed by atoms with Gasteiger partial charge in [-0.2, -0.15) is 0 Å². The molecule has 244 valence electrons. The van der Waals surface area contributed by atoms with Crippen molar-refractivity contribution in [3.8, 4) is 28.4 Å². The summed E-state index contributed by atoms with van der Waals surface area (Å²) >= 11 is 0. The molecule has 1 amide bonds. The number of ether oxygens (including phenoxy) is 1. The van der Waals surface area contributed by atoms with Crippen molar-refractivity contribution in [1.82, 2.24) is 23.7 Å². The van der Waals surface area contributed by atoms with Crippen LogP contribution in [-0.2, 0) is 30.2 Å². The molecular weight excluding hydrogens is 611 g/mol. The van der Waals surface area contributed by atoms with E-state index >= 15 is 0 Å². The lowest BCUT2D eigenvalue weighted by Gasteiger charge is -2.27. The van der Waals surface area contributed by atoms with Gasteiger partial charge in [-0.25, -0.2) is 18.1 Å². The number of aromatic nitrogens is 3. The van der Waals surface area contributed by atoms with Gasteiger partial charge >= 0.3 is 0 Å². The van der Waals surface area contributed by atoms with Gasteiger partial charge in [0, 0.05) is 49.2 Å². The lowest BCUT2D eigenvalue weighted by molar-refractivity contribution is 0.0696. The summed E-state index contributed by atoms with van der Waals surface area (Å²) in [6.45, 7) is 4.27. The molecule has 3 fully saturated rings. The number of hydrogen-bond acceptors (Lipinski definition) is 5. The summed E-state index contributed by atoms with van der Waals surface area (Å²) in [7, 11) is 0.400. The summed E-state index contributed by atoms with van der Waals surface area (Å²) in [6, 6.07) is 20.9. The summed E-state index contributed by atoms with van der Waals surface area (Å²) in [5.41, 5.74) is 7.44. The molecule has 2 saturated carbocycles. The number of nitrogens with zero attached hydrogens (tertiary/aromatic N) is 4. The Labute approximate surface area is 275 Å². The minimum absolute atomic E-state index is 0.0722. The number of hydrogen-bond donors (Lipinski definition) is 1. The monoisotopic (exact) mass is 651 g/mol. The average Bonchev–Trinajstić information content (AvgIpc) is 3.46. The van der Waals surface area contributed by atoms with Crippen molar-refractivity contribution in [3.63, 3.8) is 0 Å². The van der Waals surface area contributed by atoms with E-state index < -0.39 is 10.0 Å². The van der Waals surface area contributed by atoms with Crippen molar-refractivity contribution in [2.24, 2.45) is 24.8 Å². The number of piperidine rings is 1. The zero-order valence-corrected chi connectivity index (χ0v) is 28.2. The molecule has 2 bridgehead atoms. The van der Waals surface area contributed by atoms with Gasteiger partial charge in [0.05, 0.1) is 24.6 Å². The zero-order chi connectivity index (χ0) is 32.6. The predicted octanol–water partition coefficient (Wildman–Crippen LogP) is 6.20. The molecule has 5 aromatic rings. The Morgan fingerprint density at radius 1 is 1.02 bits per heavy atom. The highest BCUT2D eigenvalue weighted by atomic mass is 32.2. The number of sulfonamides is 1. The highest BCUT2D eigenvalue weighted by Gasteiger charge is 2.46. The van der Waals surface area contributed by atoms with E-state index in [1.807, 2.05) is 37.4 Å². The summed E-state index contributed by atoms with van der Waals surface area (Å²) in [6.07, 6.45) is 5.91. The molecule has 1 N–H and O–H groups in total. The molecule has 8 rings (SSSR count). The van der Waals surface area contributed by atoms with Crippen molar-refractivity contribution in [2.45, 2.75) is 51.7 Å². The van der Waals surface area contributed by atoms with Gasteiger partial charge in [-0.1, -0.05) is 37.3 Å². The van der Waals surface area contributed by atoms with E-state index in [9.17, 15) is 13.2 Å². The number of likely N-dealkylation sites (tertiary alicyclic amines) is 1. The van der Waals surface area contributed by atoms with Gasteiger partial charge in [0.1, 0.15) is 11.3 Å². The maximum Gasteiger partial charge on any atom is 0.254 e. The van der Waals surface area contributed by atoms with Crippen molar-refractivity contribution in [3.05, 3.63) is 71.8 Å². The van der Waals surface area contributed by atoms with Crippen LogP contribution in [0.3, 0.4) is 0 Å². The predicted molar refractivity (Wildman–Crippen MR) is 185 cm³/mol. The van der Waals surface area contributed by atoms with Gasteiger partial charge in [-0.3, -0.25) is 4.79 Å². The fourth-order valence-electron chi connectivity index (χ4n) is 7.98. The quantitative estimate of drug-likeness (QED) is 0.205. The van der Waals surface area contributed by atoms with Crippen LogP contribution in [0.25, 0.3) is 44.6 Å². The van der Waals surface area contributed by atoms with Gasteiger partial charge in [-0.05, 0) is 90.5 Å². The van der Waals surface area contributed by atoms with Gasteiger partial charge < -0.3 is 18.8 Å². The highest BCUT2D eigenvalue weighted by molar-refractivity contribution is 7.88. The summed E-state index contributed by atoms with van der Waals surface area (Å²) < 4.78 is 36.3.